The van der Waals surface area contributed by atoms with Crippen molar-refractivity contribution in [2.75, 3.05) is 11.9 Å². The largest absolute Gasteiger partial charge is 0.432 e. The molecule has 1 aromatic carbocycles. The van der Waals surface area contributed by atoms with Crippen LogP contribution in [0.4, 0.5) is 6.01 Å². The lowest BCUT2D eigenvalue weighted by atomic mass is 10.1. The molecular formula is C15H18N4O. The number of benzene rings is 1. The topological polar surface area (TPSA) is 79.9 Å². The standard InChI is InChI=1S/C15H18N4O/c1-10(16)14-9-20-15(19-14)17-7-6-11-8-18-13-5-3-2-4-12(11)13/h2-5,8-10,18H,6-7,16H2,1H3,(H,17,19). The molecule has 4 N–H and O–H groups in total. The smallest absolute Gasteiger partial charge is 0.294 e. The first-order valence-electron chi connectivity index (χ1n) is 6.74. The number of anilines is 1. The van der Waals surface area contributed by atoms with Crippen LogP contribution in [0.5, 0.6) is 0 Å². The summed E-state index contributed by atoms with van der Waals surface area (Å²) in [5.41, 5.74) is 8.95. The maximum atomic E-state index is 5.74. The molecule has 1 atom stereocenters. The molecule has 20 heavy (non-hydrogen) atoms. The number of nitrogens with zero attached hydrogens (tertiary/aromatic N) is 1. The van der Waals surface area contributed by atoms with E-state index >= 15 is 0 Å². The summed E-state index contributed by atoms with van der Waals surface area (Å²) < 4.78 is 5.32. The van der Waals surface area contributed by atoms with Gasteiger partial charge in [0.2, 0.25) is 0 Å². The van der Waals surface area contributed by atoms with Gasteiger partial charge in [0.15, 0.2) is 0 Å². The van der Waals surface area contributed by atoms with Crippen molar-refractivity contribution in [3.05, 3.63) is 48.0 Å². The van der Waals surface area contributed by atoms with Gasteiger partial charge in [0.25, 0.3) is 6.01 Å². The van der Waals surface area contributed by atoms with E-state index in [9.17, 15) is 0 Å². The van der Waals surface area contributed by atoms with E-state index in [0.717, 1.165) is 24.2 Å². The van der Waals surface area contributed by atoms with Crippen LogP contribution < -0.4 is 11.1 Å². The van der Waals surface area contributed by atoms with Crippen LogP contribution in [-0.4, -0.2) is 16.5 Å². The molecule has 2 aromatic heterocycles. The number of hydrogen-bond acceptors (Lipinski definition) is 4. The van der Waals surface area contributed by atoms with Gasteiger partial charge >= 0.3 is 0 Å². The third-order valence-corrected chi connectivity index (χ3v) is 3.33. The molecule has 5 nitrogen and oxygen atoms in total. The molecule has 0 aliphatic rings. The minimum absolute atomic E-state index is 0.108. The number of aromatic amines is 1. The Morgan fingerprint density at radius 1 is 1.40 bits per heavy atom. The summed E-state index contributed by atoms with van der Waals surface area (Å²) in [5.74, 6) is 0. The number of para-hydroxylation sites is 1. The predicted molar refractivity (Wildman–Crippen MR) is 79.6 cm³/mol. The second-order valence-corrected chi connectivity index (χ2v) is 4.90. The molecule has 0 radical (unpaired) electrons. The van der Waals surface area contributed by atoms with E-state index in [1.165, 1.54) is 10.9 Å². The van der Waals surface area contributed by atoms with Crippen molar-refractivity contribution >= 4 is 16.9 Å². The van der Waals surface area contributed by atoms with Crippen LogP contribution in [0.15, 0.2) is 41.1 Å². The van der Waals surface area contributed by atoms with E-state index in [4.69, 9.17) is 10.2 Å². The molecule has 0 amide bonds. The van der Waals surface area contributed by atoms with Crippen LogP contribution in [0, 0.1) is 0 Å². The number of H-pyrrole nitrogens is 1. The fraction of sp³-hybridized carbons (Fsp3) is 0.267. The van der Waals surface area contributed by atoms with Gasteiger partial charge in [-0.3, -0.25) is 0 Å². The Hall–Kier alpha value is -2.27. The highest BCUT2D eigenvalue weighted by Gasteiger charge is 2.07. The maximum Gasteiger partial charge on any atom is 0.294 e. The van der Waals surface area contributed by atoms with Crippen LogP contribution in [0.25, 0.3) is 10.9 Å². The van der Waals surface area contributed by atoms with E-state index in [-0.39, 0.29) is 6.04 Å². The molecule has 1 unspecified atom stereocenters. The van der Waals surface area contributed by atoms with Gasteiger partial charge in [-0.1, -0.05) is 18.2 Å². The summed E-state index contributed by atoms with van der Waals surface area (Å²) in [6, 6.07) is 8.70. The first-order chi connectivity index (χ1) is 9.74. The Kier molecular flexibility index (Phi) is 3.43. The quantitative estimate of drug-likeness (QED) is 0.666. The summed E-state index contributed by atoms with van der Waals surface area (Å²) in [5, 5.41) is 4.44. The van der Waals surface area contributed by atoms with E-state index in [2.05, 4.69) is 39.7 Å². The van der Waals surface area contributed by atoms with Crippen molar-refractivity contribution < 1.29 is 4.42 Å². The zero-order chi connectivity index (χ0) is 13.9. The van der Waals surface area contributed by atoms with Crippen molar-refractivity contribution in [3.63, 3.8) is 0 Å². The lowest BCUT2D eigenvalue weighted by molar-refractivity contribution is 0.567. The number of oxazole rings is 1. The average Bonchev–Trinajstić information content (AvgIpc) is 3.06. The number of nitrogens with two attached hydrogens (primary N) is 1. The highest BCUT2D eigenvalue weighted by atomic mass is 16.4. The van der Waals surface area contributed by atoms with Gasteiger partial charge in [-0.2, -0.15) is 4.98 Å². The number of hydrogen-bond donors (Lipinski definition) is 3. The van der Waals surface area contributed by atoms with Crippen molar-refractivity contribution in [2.24, 2.45) is 5.73 Å². The second kappa shape index (κ2) is 5.38. The monoisotopic (exact) mass is 270 g/mol. The fourth-order valence-electron chi connectivity index (χ4n) is 2.22. The molecule has 0 fully saturated rings. The zero-order valence-electron chi connectivity index (χ0n) is 11.4. The first-order valence-corrected chi connectivity index (χ1v) is 6.74. The van der Waals surface area contributed by atoms with Gasteiger partial charge in [0.1, 0.15) is 6.26 Å². The maximum absolute atomic E-state index is 5.74. The molecule has 104 valence electrons. The number of nitrogens with one attached hydrogen (secondary N) is 2. The number of rotatable bonds is 5. The van der Waals surface area contributed by atoms with Gasteiger partial charge in [-0.05, 0) is 25.0 Å². The fourth-order valence-corrected chi connectivity index (χ4v) is 2.22. The Morgan fingerprint density at radius 2 is 2.25 bits per heavy atom. The summed E-state index contributed by atoms with van der Waals surface area (Å²) >= 11 is 0. The van der Waals surface area contributed by atoms with Crippen LogP contribution in [0.1, 0.15) is 24.2 Å². The molecule has 0 saturated carbocycles. The lowest BCUT2D eigenvalue weighted by Crippen LogP contribution is -2.07. The predicted octanol–water partition coefficient (Wildman–Crippen LogP) is 2.83. The van der Waals surface area contributed by atoms with Crippen molar-refractivity contribution in [2.45, 2.75) is 19.4 Å². The molecule has 0 bridgehead atoms. The highest BCUT2D eigenvalue weighted by molar-refractivity contribution is 5.83. The second-order valence-electron chi connectivity index (χ2n) is 4.90. The number of aromatic nitrogens is 2. The third kappa shape index (κ3) is 2.53. The molecule has 0 aliphatic heterocycles. The van der Waals surface area contributed by atoms with E-state index < -0.39 is 0 Å². The van der Waals surface area contributed by atoms with Crippen LogP contribution in [0.3, 0.4) is 0 Å². The molecule has 3 rings (SSSR count). The average molecular weight is 270 g/mol. The third-order valence-electron chi connectivity index (χ3n) is 3.33. The Bertz CT molecular complexity index is 699. The minimum Gasteiger partial charge on any atom is -0.432 e. The minimum atomic E-state index is -0.108. The van der Waals surface area contributed by atoms with Crippen LogP contribution >= 0.6 is 0 Å². The van der Waals surface area contributed by atoms with Crippen molar-refractivity contribution in [1.29, 1.82) is 0 Å². The summed E-state index contributed by atoms with van der Waals surface area (Å²) in [6.07, 6.45) is 4.55. The van der Waals surface area contributed by atoms with Gasteiger partial charge in [-0.15, -0.1) is 0 Å². The molecule has 2 heterocycles. The Labute approximate surface area is 117 Å². The van der Waals surface area contributed by atoms with Crippen LogP contribution in [-0.2, 0) is 6.42 Å². The summed E-state index contributed by atoms with van der Waals surface area (Å²) in [4.78, 5) is 7.55. The summed E-state index contributed by atoms with van der Waals surface area (Å²) in [6.45, 7) is 2.65. The Morgan fingerprint density at radius 3 is 3.05 bits per heavy atom. The highest BCUT2D eigenvalue weighted by Crippen LogP contribution is 2.18. The first kappa shape index (κ1) is 12.7. The molecule has 0 aliphatic carbocycles. The normalized spacial score (nSPS) is 12.7. The van der Waals surface area contributed by atoms with Gasteiger partial charge in [0.05, 0.1) is 5.69 Å². The van der Waals surface area contributed by atoms with Crippen LogP contribution in [0.2, 0.25) is 0 Å². The van der Waals surface area contributed by atoms with E-state index in [1.807, 2.05) is 13.0 Å². The summed E-state index contributed by atoms with van der Waals surface area (Å²) in [7, 11) is 0. The van der Waals surface area contributed by atoms with Gasteiger partial charge in [-0.25, -0.2) is 0 Å². The molecule has 0 spiro atoms. The molecule has 3 aromatic rings. The zero-order valence-corrected chi connectivity index (χ0v) is 11.4. The van der Waals surface area contributed by atoms with Gasteiger partial charge < -0.3 is 20.5 Å². The SMILES string of the molecule is CC(N)c1coc(NCCc2c[nH]c3ccccc23)n1. The van der Waals surface area contributed by atoms with Crippen molar-refractivity contribution in [3.8, 4) is 0 Å². The van der Waals surface area contributed by atoms with E-state index in [0.29, 0.717) is 6.01 Å². The van der Waals surface area contributed by atoms with Gasteiger partial charge in [0, 0.05) is 29.7 Å². The molecule has 5 heteroatoms. The molecule has 0 saturated heterocycles. The number of fused-ring (bicyclic) bond motifs is 1. The Balaban J connectivity index is 1.62. The molecular weight excluding hydrogens is 252 g/mol. The van der Waals surface area contributed by atoms with Crippen molar-refractivity contribution in [1.82, 2.24) is 9.97 Å². The van der Waals surface area contributed by atoms with E-state index in [1.54, 1.807) is 6.26 Å². The lowest BCUT2D eigenvalue weighted by Gasteiger charge is -2.01.